The molecule has 2 aromatic heterocycles. The van der Waals surface area contributed by atoms with Gasteiger partial charge >= 0.3 is 0 Å². The van der Waals surface area contributed by atoms with Crippen LogP contribution >= 0.6 is 0 Å². The fourth-order valence-electron chi connectivity index (χ4n) is 8.01. The van der Waals surface area contributed by atoms with Crippen molar-refractivity contribution in [3.8, 4) is 33.7 Å². The Morgan fingerprint density at radius 3 is 1.62 bits per heavy atom. The molecule has 0 atom stereocenters. The van der Waals surface area contributed by atoms with E-state index in [4.69, 9.17) is 13.8 Å². The number of hydrogen-bond donors (Lipinski definition) is 0. The summed E-state index contributed by atoms with van der Waals surface area (Å²) in [6.45, 7) is 0. The SMILES string of the molecule is c1ccc(-c2nc3ccc4ccc5ccc(-c6c7ccccc7c(-c7ccc8oc9ccccc9c8c7)c7ccccc67)cc5c4c3o2)cc1. The van der Waals surface area contributed by atoms with Crippen molar-refractivity contribution in [3.05, 3.63) is 164 Å². The van der Waals surface area contributed by atoms with Crippen LogP contribution in [-0.4, -0.2) is 4.98 Å². The van der Waals surface area contributed by atoms with Gasteiger partial charge < -0.3 is 8.83 Å². The topological polar surface area (TPSA) is 39.2 Å². The Bertz CT molecular complexity index is 3090. The van der Waals surface area contributed by atoms with Gasteiger partial charge in [-0.15, -0.1) is 0 Å². The highest BCUT2D eigenvalue weighted by Crippen LogP contribution is 2.46. The predicted octanol–water partition coefficient (Wildman–Crippen LogP) is 13.3. The van der Waals surface area contributed by atoms with Gasteiger partial charge in [-0.1, -0.05) is 121 Å². The molecule has 232 valence electrons. The first-order valence-electron chi connectivity index (χ1n) is 17.0. The van der Waals surface area contributed by atoms with Gasteiger partial charge in [0.25, 0.3) is 0 Å². The van der Waals surface area contributed by atoms with Crippen LogP contribution in [0.1, 0.15) is 0 Å². The molecule has 0 saturated heterocycles. The quantitative estimate of drug-likeness (QED) is 0.143. The van der Waals surface area contributed by atoms with Crippen molar-refractivity contribution < 1.29 is 8.83 Å². The number of fused-ring (bicyclic) bond motifs is 10. The van der Waals surface area contributed by atoms with Gasteiger partial charge in [-0.05, 0) is 102 Å². The third-order valence-electron chi connectivity index (χ3n) is 10.3. The van der Waals surface area contributed by atoms with Gasteiger partial charge in [0.15, 0.2) is 5.58 Å². The zero-order valence-corrected chi connectivity index (χ0v) is 26.9. The Morgan fingerprint density at radius 2 is 0.900 bits per heavy atom. The first-order chi connectivity index (χ1) is 24.8. The normalized spacial score (nSPS) is 12.0. The van der Waals surface area contributed by atoms with Crippen LogP contribution in [0.2, 0.25) is 0 Å². The van der Waals surface area contributed by atoms with Crippen molar-refractivity contribution >= 4 is 76.1 Å². The lowest BCUT2D eigenvalue weighted by atomic mass is 9.85. The molecule has 0 fully saturated rings. The van der Waals surface area contributed by atoms with Gasteiger partial charge in [0.05, 0.1) is 0 Å². The molecule has 9 aromatic carbocycles. The van der Waals surface area contributed by atoms with E-state index in [-0.39, 0.29) is 0 Å². The first-order valence-corrected chi connectivity index (χ1v) is 17.0. The molecule has 3 nitrogen and oxygen atoms in total. The average molecular weight is 638 g/mol. The number of furan rings is 1. The highest BCUT2D eigenvalue weighted by atomic mass is 16.3. The van der Waals surface area contributed by atoms with Crippen LogP contribution in [0, 0.1) is 0 Å². The summed E-state index contributed by atoms with van der Waals surface area (Å²) in [5.41, 5.74) is 9.25. The highest BCUT2D eigenvalue weighted by Gasteiger charge is 2.19. The molecular weight excluding hydrogens is 611 g/mol. The Labute approximate surface area is 286 Å². The summed E-state index contributed by atoms with van der Waals surface area (Å²) in [4.78, 5) is 4.90. The molecule has 0 N–H and O–H groups in total. The molecule has 11 aromatic rings. The van der Waals surface area contributed by atoms with Crippen molar-refractivity contribution in [2.24, 2.45) is 0 Å². The third kappa shape index (κ3) is 3.95. The summed E-state index contributed by atoms with van der Waals surface area (Å²) in [7, 11) is 0. The Kier molecular flexibility index (Phi) is 5.67. The Morgan fingerprint density at radius 1 is 0.360 bits per heavy atom. The summed E-state index contributed by atoms with van der Waals surface area (Å²) in [6, 6.07) is 58.1. The number of oxazole rings is 1. The van der Waals surface area contributed by atoms with Gasteiger partial charge in [-0.2, -0.15) is 0 Å². The fraction of sp³-hybridized carbons (Fsp3) is 0. The predicted molar refractivity (Wildman–Crippen MR) is 208 cm³/mol. The molecule has 0 radical (unpaired) electrons. The van der Waals surface area contributed by atoms with Gasteiger partial charge in [-0.25, -0.2) is 4.98 Å². The first kappa shape index (κ1) is 27.3. The van der Waals surface area contributed by atoms with E-state index in [9.17, 15) is 0 Å². The van der Waals surface area contributed by atoms with Crippen LogP contribution in [-0.2, 0) is 0 Å². The molecule has 11 rings (SSSR count). The zero-order chi connectivity index (χ0) is 32.8. The Balaban J connectivity index is 1.19. The summed E-state index contributed by atoms with van der Waals surface area (Å²) in [5.74, 6) is 0.635. The molecule has 0 spiro atoms. The summed E-state index contributed by atoms with van der Waals surface area (Å²) >= 11 is 0. The van der Waals surface area contributed by atoms with Crippen molar-refractivity contribution in [2.45, 2.75) is 0 Å². The molecule has 0 saturated carbocycles. The van der Waals surface area contributed by atoms with Gasteiger partial charge in [0, 0.05) is 21.7 Å². The van der Waals surface area contributed by atoms with Crippen molar-refractivity contribution in [1.29, 1.82) is 0 Å². The maximum atomic E-state index is 6.56. The zero-order valence-electron chi connectivity index (χ0n) is 26.9. The smallest absolute Gasteiger partial charge is 0.227 e. The number of rotatable bonds is 3. The third-order valence-corrected chi connectivity index (χ3v) is 10.3. The Hall–Kier alpha value is -6.71. The van der Waals surface area contributed by atoms with Crippen LogP contribution in [0.25, 0.3) is 110 Å². The maximum absolute atomic E-state index is 6.56. The molecule has 3 heteroatoms. The van der Waals surface area contributed by atoms with Gasteiger partial charge in [-0.3, -0.25) is 0 Å². The highest BCUT2D eigenvalue weighted by molar-refractivity contribution is 6.24. The van der Waals surface area contributed by atoms with Crippen molar-refractivity contribution in [3.63, 3.8) is 0 Å². The van der Waals surface area contributed by atoms with E-state index in [1.54, 1.807) is 0 Å². The number of para-hydroxylation sites is 1. The lowest BCUT2D eigenvalue weighted by Gasteiger charge is -2.18. The largest absolute Gasteiger partial charge is 0.456 e. The van der Waals surface area contributed by atoms with Crippen LogP contribution in [0.3, 0.4) is 0 Å². The lowest BCUT2D eigenvalue weighted by molar-refractivity contribution is 0.623. The molecular formula is C47H27NO2. The molecule has 0 amide bonds. The van der Waals surface area contributed by atoms with E-state index in [1.165, 1.54) is 43.8 Å². The van der Waals surface area contributed by atoms with E-state index < -0.39 is 0 Å². The monoisotopic (exact) mass is 637 g/mol. The summed E-state index contributed by atoms with van der Waals surface area (Å²) in [6.07, 6.45) is 0. The molecule has 0 unspecified atom stereocenters. The summed E-state index contributed by atoms with van der Waals surface area (Å²) < 4.78 is 12.8. The minimum absolute atomic E-state index is 0.635. The molecule has 50 heavy (non-hydrogen) atoms. The minimum Gasteiger partial charge on any atom is -0.456 e. The van der Waals surface area contributed by atoms with Gasteiger partial charge in [0.2, 0.25) is 5.89 Å². The van der Waals surface area contributed by atoms with E-state index >= 15 is 0 Å². The fourth-order valence-corrected chi connectivity index (χ4v) is 8.01. The summed E-state index contributed by atoms with van der Waals surface area (Å²) in [5, 5.41) is 11.7. The molecule has 0 aliphatic heterocycles. The number of benzene rings is 9. The van der Waals surface area contributed by atoms with E-state index in [1.807, 2.05) is 42.5 Å². The van der Waals surface area contributed by atoms with E-state index in [0.29, 0.717) is 5.89 Å². The van der Waals surface area contributed by atoms with Crippen LogP contribution in [0.15, 0.2) is 173 Å². The average Bonchev–Trinajstić information content (AvgIpc) is 3.79. The van der Waals surface area contributed by atoms with Crippen LogP contribution in [0.5, 0.6) is 0 Å². The van der Waals surface area contributed by atoms with E-state index in [2.05, 4.69) is 121 Å². The molecule has 2 heterocycles. The maximum Gasteiger partial charge on any atom is 0.227 e. The van der Waals surface area contributed by atoms with Crippen LogP contribution in [0.4, 0.5) is 0 Å². The van der Waals surface area contributed by atoms with Crippen LogP contribution < -0.4 is 0 Å². The second-order valence-corrected chi connectivity index (χ2v) is 13.0. The van der Waals surface area contributed by atoms with Gasteiger partial charge in [0.1, 0.15) is 16.7 Å². The van der Waals surface area contributed by atoms with Crippen molar-refractivity contribution in [2.75, 3.05) is 0 Å². The lowest BCUT2D eigenvalue weighted by Crippen LogP contribution is -1.91. The minimum atomic E-state index is 0.635. The second-order valence-electron chi connectivity index (χ2n) is 13.0. The van der Waals surface area contributed by atoms with Crippen molar-refractivity contribution in [1.82, 2.24) is 4.98 Å². The van der Waals surface area contributed by atoms with E-state index in [0.717, 1.165) is 60.1 Å². The number of nitrogens with zero attached hydrogens (tertiary/aromatic N) is 1. The molecule has 0 aliphatic rings. The molecule has 0 bridgehead atoms. The second kappa shape index (κ2) is 10.4. The number of aromatic nitrogens is 1. The standard InChI is InChI=1S/C47H27NO2/c1-2-10-30(11-3-1)47-48-40-24-22-29-20-18-28-19-21-31(26-38(28)45(29)46(40)50-47)43-34-13-4-6-15-36(34)44(37-16-7-5-14-35(37)43)32-23-25-42-39(27-32)33-12-8-9-17-41(33)49-42/h1-27H. The molecule has 0 aliphatic carbocycles. The number of hydrogen-bond acceptors (Lipinski definition) is 3.